The van der Waals surface area contributed by atoms with E-state index in [9.17, 15) is 9.59 Å². The van der Waals surface area contributed by atoms with Gasteiger partial charge in [-0.1, -0.05) is 18.2 Å². The van der Waals surface area contributed by atoms with E-state index in [0.717, 1.165) is 10.9 Å². The number of carbonyl (C=O) groups is 2. The number of ketones is 1. The van der Waals surface area contributed by atoms with Crippen molar-refractivity contribution in [2.45, 2.75) is 32.8 Å². The van der Waals surface area contributed by atoms with Gasteiger partial charge in [-0.2, -0.15) is 0 Å². The lowest BCUT2D eigenvalue weighted by Gasteiger charge is -2.18. The number of esters is 1. The van der Waals surface area contributed by atoms with Crippen LogP contribution < -0.4 is 0 Å². The van der Waals surface area contributed by atoms with Crippen LogP contribution in [0.5, 0.6) is 0 Å². The van der Waals surface area contributed by atoms with Gasteiger partial charge in [0.05, 0.1) is 5.69 Å². The lowest BCUT2D eigenvalue weighted by molar-refractivity contribution is -0.153. The van der Waals surface area contributed by atoms with Gasteiger partial charge in [0, 0.05) is 10.9 Å². The summed E-state index contributed by atoms with van der Waals surface area (Å²) < 4.78 is 5.13. The number of ether oxygens (including phenoxy) is 1. The molecule has 0 spiro atoms. The molecule has 19 heavy (non-hydrogen) atoms. The number of H-pyrrole nitrogens is 1. The molecule has 0 saturated heterocycles. The van der Waals surface area contributed by atoms with Gasteiger partial charge < -0.3 is 9.72 Å². The van der Waals surface area contributed by atoms with Crippen molar-refractivity contribution in [1.82, 2.24) is 4.98 Å². The maximum Gasteiger partial charge on any atom is 0.314 e. The Labute approximate surface area is 111 Å². The molecule has 1 heterocycles. The summed E-state index contributed by atoms with van der Waals surface area (Å²) in [5.41, 5.74) is 0.750. The second-order valence-corrected chi connectivity index (χ2v) is 5.46. The van der Waals surface area contributed by atoms with Crippen molar-refractivity contribution in [2.24, 2.45) is 0 Å². The fourth-order valence-electron chi connectivity index (χ4n) is 1.83. The average Bonchev–Trinajstić information content (AvgIpc) is 2.69. The number of hydrogen-bond donors (Lipinski definition) is 1. The molecule has 0 unspecified atom stereocenters. The third kappa shape index (κ3) is 3.44. The Morgan fingerprint density at radius 1 is 1.21 bits per heavy atom. The second-order valence-electron chi connectivity index (χ2n) is 5.46. The molecule has 0 radical (unpaired) electrons. The molecule has 100 valence electrons. The van der Waals surface area contributed by atoms with Crippen LogP contribution in [0.2, 0.25) is 0 Å². The first kappa shape index (κ1) is 13.3. The third-order valence-corrected chi connectivity index (χ3v) is 2.56. The van der Waals surface area contributed by atoms with Gasteiger partial charge in [-0.25, -0.2) is 0 Å². The second kappa shape index (κ2) is 4.88. The van der Waals surface area contributed by atoms with Crippen molar-refractivity contribution in [3.63, 3.8) is 0 Å². The minimum Gasteiger partial charge on any atom is -0.460 e. The summed E-state index contributed by atoms with van der Waals surface area (Å²) in [6, 6.07) is 9.34. The van der Waals surface area contributed by atoms with Crippen LogP contribution in [0.3, 0.4) is 0 Å². The molecule has 0 atom stereocenters. The zero-order chi connectivity index (χ0) is 14.0. The van der Waals surface area contributed by atoms with Gasteiger partial charge in [-0.05, 0) is 32.9 Å². The maximum absolute atomic E-state index is 12.0. The molecule has 1 N–H and O–H groups in total. The summed E-state index contributed by atoms with van der Waals surface area (Å²) in [7, 11) is 0. The smallest absolute Gasteiger partial charge is 0.314 e. The molecule has 0 aliphatic heterocycles. The van der Waals surface area contributed by atoms with Crippen LogP contribution in [0.4, 0.5) is 0 Å². The highest BCUT2D eigenvalue weighted by Gasteiger charge is 2.20. The SMILES string of the molecule is CC(C)(C)OC(=O)CC(=O)c1cc2ccccc2[nH]1. The van der Waals surface area contributed by atoms with Crippen LogP contribution in [0.25, 0.3) is 10.9 Å². The fourth-order valence-corrected chi connectivity index (χ4v) is 1.83. The maximum atomic E-state index is 12.0. The number of aromatic nitrogens is 1. The quantitative estimate of drug-likeness (QED) is 0.523. The van der Waals surface area contributed by atoms with Crippen LogP contribution in [0.1, 0.15) is 37.7 Å². The van der Waals surface area contributed by atoms with Gasteiger partial charge in [0.15, 0.2) is 5.78 Å². The highest BCUT2D eigenvalue weighted by atomic mass is 16.6. The first-order valence-electron chi connectivity index (χ1n) is 6.18. The zero-order valence-corrected chi connectivity index (χ0v) is 11.3. The number of Topliss-reactive ketones (excluding diaryl/α,β-unsaturated/α-hetero) is 1. The fraction of sp³-hybridized carbons (Fsp3) is 0.333. The normalized spacial score (nSPS) is 11.5. The van der Waals surface area contributed by atoms with Gasteiger partial charge in [0.2, 0.25) is 0 Å². The number of nitrogens with one attached hydrogen (secondary N) is 1. The molecule has 0 aliphatic rings. The number of aromatic amines is 1. The van der Waals surface area contributed by atoms with Gasteiger partial charge in [-0.3, -0.25) is 9.59 Å². The van der Waals surface area contributed by atoms with E-state index in [0.29, 0.717) is 5.69 Å². The number of hydrogen-bond acceptors (Lipinski definition) is 3. The van der Waals surface area contributed by atoms with Gasteiger partial charge in [-0.15, -0.1) is 0 Å². The van der Waals surface area contributed by atoms with Crippen LogP contribution in [-0.4, -0.2) is 22.3 Å². The number of fused-ring (bicyclic) bond motifs is 1. The van der Waals surface area contributed by atoms with E-state index in [2.05, 4.69) is 4.98 Å². The molecule has 1 aromatic carbocycles. The topological polar surface area (TPSA) is 59.2 Å². The molecule has 0 aliphatic carbocycles. The van der Waals surface area contributed by atoms with E-state index < -0.39 is 11.6 Å². The van der Waals surface area contributed by atoms with Crippen molar-refractivity contribution >= 4 is 22.7 Å². The monoisotopic (exact) mass is 259 g/mol. The Hall–Kier alpha value is -2.10. The van der Waals surface area contributed by atoms with Crippen molar-refractivity contribution in [3.05, 3.63) is 36.0 Å². The Morgan fingerprint density at radius 3 is 2.53 bits per heavy atom. The molecule has 2 aromatic rings. The Bertz CT molecular complexity index is 587. The summed E-state index contributed by atoms with van der Waals surface area (Å²) in [5, 5.41) is 0.954. The largest absolute Gasteiger partial charge is 0.460 e. The summed E-state index contributed by atoms with van der Waals surface area (Å²) in [6.45, 7) is 5.33. The van der Waals surface area contributed by atoms with E-state index in [-0.39, 0.29) is 12.2 Å². The molecule has 0 amide bonds. The van der Waals surface area contributed by atoms with Crippen LogP contribution >= 0.6 is 0 Å². The average molecular weight is 259 g/mol. The highest BCUT2D eigenvalue weighted by Crippen LogP contribution is 2.16. The van der Waals surface area contributed by atoms with Crippen LogP contribution in [0, 0.1) is 0 Å². The summed E-state index contributed by atoms with van der Waals surface area (Å²) >= 11 is 0. The van der Waals surface area contributed by atoms with E-state index >= 15 is 0 Å². The Kier molecular flexibility index (Phi) is 3.42. The zero-order valence-electron chi connectivity index (χ0n) is 11.3. The molecule has 4 nitrogen and oxygen atoms in total. The number of para-hydroxylation sites is 1. The van der Waals surface area contributed by atoms with E-state index in [1.807, 2.05) is 24.3 Å². The van der Waals surface area contributed by atoms with Crippen molar-refractivity contribution < 1.29 is 14.3 Å². The van der Waals surface area contributed by atoms with Crippen LogP contribution in [-0.2, 0) is 9.53 Å². The molecule has 4 heteroatoms. The Morgan fingerprint density at radius 2 is 1.89 bits per heavy atom. The van der Waals surface area contributed by atoms with Gasteiger partial charge in [0.25, 0.3) is 0 Å². The minimum atomic E-state index is -0.572. The van der Waals surface area contributed by atoms with Gasteiger partial charge >= 0.3 is 5.97 Å². The predicted molar refractivity (Wildman–Crippen MR) is 73.1 cm³/mol. The highest BCUT2D eigenvalue weighted by molar-refractivity contribution is 6.07. The number of benzene rings is 1. The number of rotatable bonds is 3. The minimum absolute atomic E-state index is 0.246. The van der Waals surface area contributed by atoms with Crippen LogP contribution in [0.15, 0.2) is 30.3 Å². The van der Waals surface area contributed by atoms with Crippen molar-refractivity contribution in [3.8, 4) is 0 Å². The molecule has 2 rings (SSSR count). The number of carbonyl (C=O) groups excluding carboxylic acids is 2. The first-order chi connectivity index (χ1) is 8.85. The molecule has 0 fully saturated rings. The first-order valence-corrected chi connectivity index (χ1v) is 6.18. The predicted octanol–water partition coefficient (Wildman–Crippen LogP) is 3.08. The molecule has 0 bridgehead atoms. The lowest BCUT2D eigenvalue weighted by atomic mass is 10.1. The molecular formula is C15H17NO3. The summed E-state index contributed by atoms with van der Waals surface area (Å²) in [4.78, 5) is 26.6. The van der Waals surface area contributed by atoms with E-state index in [1.54, 1.807) is 26.8 Å². The van der Waals surface area contributed by atoms with E-state index in [4.69, 9.17) is 4.74 Å². The Balaban J connectivity index is 2.10. The molecule has 0 saturated carbocycles. The van der Waals surface area contributed by atoms with E-state index in [1.165, 1.54) is 0 Å². The summed E-state index contributed by atoms with van der Waals surface area (Å²) in [6.07, 6.45) is -0.246. The van der Waals surface area contributed by atoms with Gasteiger partial charge in [0.1, 0.15) is 12.0 Å². The van der Waals surface area contributed by atoms with Crippen molar-refractivity contribution in [2.75, 3.05) is 0 Å². The molecular weight excluding hydrogens is 242 g/mol. The third-order valence-electron chi connectivity index (χ3n) is 2.56. The summed E-state index contributed by atoms with van der Waals surface area (Å²) in [5.74, 6) is -0.762. The lowest BCUT2D eigenvalue weighted by Crippen LogP contribution is -2.25. The van der Waals surface area contributed by atoms with Crippen molar-refractivity contribution in [1.29, 1.82) is 0 Å². The standard InChI is InChI=1S/C15H17NO3/c1-15(2,3)19-14(18)9-13(17)12-8-10-6-4-5-7-11(10)16-12/h4-8,16H,9H2,1-3H3. The molecule has 1 aromatic heterocycles.